The molecule has 0 fully saturated rings. The molecule has 0 saturated heterocycles. The molecule has 0 aliphatic heterocycles. The molecular weight excluding hydrogens is 252 g/mol. The van der Waals surface area contributed by atoms with Crippen LogP contribution in [0.2, 0.25) is 0 Å². The summed E-state index contributed by atoms with van der Waals surface area (Å²) >= 11 is 0. The lowest BCUT2D eigenvalue weighted by Gasteiger charge is -2.14. The van der Waals surface area contributed by atoms with Crippen LogP contribution in [0, 0.1) is 6.92 Å². The molecule has 1 unspecified atom stereocenters. The SMILES string of the molecule is Cc1cccc(O)c1C(=O)OC1C=Cc2ccccc21. The number of esters is 1. The van der Waals surface area contributed by atoms with E-state index < -0.39 is 12.1 Å². The van der Waals surface area contributed by atoms with Crippen LogP contribution in [0.25, 0.3) is 6.08 Å². The van der Waals surface area contributed by atoms with Crippen molar-refractivity contribution in [2.75, 3.05) is 0 Å². The Balaban J connectivity index is 1.87. The number of hydrogen-bond donors (Lipinski definition) is 1. The van der Waals surface area contributed by atoms with Crippen LogP contribution in [-0.2, 0) is 4.74 Å². The molecule has 2 aromatic carbocycles. The van der Waals surface area contributed by atoms with Crippen molar-refractivity contribution < 1.29 is 14.6 Å². The van der Waals surface area contributed by atoms with Crippen molar-refractivity contribution in [3.8, 4) is 5.75 Å². The van der Waals surface area contributed by atoms with Crippen LogP contribution in [0.15, 0.2) is 48.5 Å². The van der Waals surface area contributed by atoms with E-state index in [1.807, 2.05) is 36.4 Å². The molecular formula is C17H14O3. The zero-order valence-corrected chi connectivity index (χ0v) is 11.0. The molecule has 1 aliphatic rings. The van der Waals surface area contributed by atoms with Gasteiger partial charge in [-0.15, -0.1) is 0 Å². The van der Waals surface area contributed by atoms with Crippen LogP contribution in [0.1, 0.15) is 33.2 Å². The molecule has 0 amide bonds. The van der Waals surface area contributed by atoms with Crippen LogP contribution in [0.5, 0.6) is 5.75 Å². The van der Waals surface area contributed by atoms with Gasteiger partial charge in [-0.05, 0) is 30.2 Å². The number of aryl methyl sites for hydroxylation is 1. The minimum atomic E-state index is -0.507. The molecule has 3 nitrogen and oxygen atoms in total. The quantitative estimate of drug-likeness (QED) is 0.844. The van der Waals surface area contributed by atoms with Crippen LogP contribution < -0.4 is 0 Å². The molecule has 0 bridgehead atoms. The van der Waals surface area contributed by atoms with Gasteiger partial charge in [0.15, 0.2) is 0 Å². The van der Waals surface area contributed by atoms with Gasteiger partial charge < -0.3 is 9.84 Å². The summed E-state index contributed by atoms with van der Waals surface area (Å²) in [5.41, 5.74) is 2.95. The number of phenolic OH excluding ortho intramolecular Hbond substituents is 1. The molecule has 3 heteroatoms. The Kier molecular flexibility index (Phi) is 3.03. The van der Waals surface area contributed by atoms with Crippen molar-refractivity contribution in [1.29, 1.82) is 0 Å². The molecule has 2 aromatic rings. The van der Waals surface area contributed by atoms with Crippen LogP contribution in [0.4, 0.5) is 0 Å². The molecule has 1 aliphatic carbocycles. The van der Waals surface area contributed by atoms with Gasteiger partial charge in [-0.1, -0.05) is 42.5 Å². The molecule has 0 radical (unpaired) electrons. The third-order valence-electron chi connectivity index (χ3n) is 3.44. The van der Waals surface area contributed by atoms with Crippen molar-refractivity contribution in [3.05, 3.63) is 70.8 Å². The topological polar surface area (TPSA) is 46.5 Å². The van der Waals surface area contributed by atoms with Crippen molar-refractivity contribution in [2.24, 2.45) is 0 Å². The van der Waals surface area contributed by atoms with E-state index in [9.17, 15) is 9.90 Å². The summed E-state index contributed by atoms with van der Waals surface area (Å²) in [6.07, 6.45) is 3.39. The number of carbonyl (C=O) groups is 1. The Morgan fingerprint density at radius 3 is 2.75 bits per heavy atom. The second-order valence-electron chi connectivity index (χ2n) is 4.78. The van der Waals surface area contributed by atoms with E-state index in [0.29, 0.717) is 5.56 Å². The highest BCUT2D eigenvalue weighted by atomic mass is 16.5. The monoisotopic (exact) mass is 266 g/mol. The van der Waals surface area contributed by atoms with Gasteiger partial charge in [-0.25, -0.2) is 4.79 Å². The first kappa shape index (κ1) is 12.5. The van der Waals surface area contributed by atoms with E-state index in [0.717, 1.165) is 11.1 Å². The minimum Gasteiger partial charge on any atom is -0.507 e. The number of hydrogen-bond acceptors (Lipinski definition) is 3. The molecule has 0 spiro atoms. The van der Waals surface area contributed by atoms with Crippen molar-refractivity contribution in [1.82, 2.24) is 0 Å². The summed E-state index contributed by atoms with van der Waals surface area (Å²) in [5, 5.41) is 9.81. The number of carbonyl (C=O) groups excluding carboxylic acids is 1. The predicted molar refractivity (Wildman–Crippen MR) is 76.5 cm³/mol. The average molecular weight is 266 g/mol. The maximum atomic E-state index is 12.2. The Morgan fingerprint density at radius 2 is 1.95 bits per heavy atom. The smallest absolute Gasteiger partial charge is 0.343 e. The standard InChI is InChI=1S/C17H14O3/c1-11-5-4-8-14(18)16(11)17(19)20-15-10-9-12-6-2-3-7-13(12)15/h2-10,15,18H,1H3. The minimum absolute atomic E-state index is 0.0507. The highest BCUT2D eigenvalue weighted by Gasteiger charge is 2.23. The Hall–Kier alpha value is -2.55. The molecule has 0 aromatic heterocycles. The normalized spacial score (nSPS) is 15.9. The van der Waals surface area contributed by atoms with Gasteiger partial charge in [-0.3, -0.25) is 0 Å². The number of ether oxygens (including phenoxy) is 1. The second-order valence-corrected chi connectivity index (χ2v) is 4.78. The van der Waals surface area contributed by atoms with Gasteiger partial charge in [-0.2, -0.15) is 0 Å². The maximum Gasteiger partial charge on any atom is 0.343 e. The summed E-state index contributed by atoms with van der Waals surface area (Å²) in [6, 6.07) is 12.7. The third kappa shape index (κ3) is 2.07. The molecule has 100 valence electrons. The second kappa shape index (κ2) is 4.85. The van der Waals surface area contributed by atoms with E-state index in [1.165, 1.54) is 6.07 Å². The molecule has 0 heterocycles. The number of fused-ring (bicyclic) bond motifs is 1. The first-order valence-corrected chi connectivity index (χ1v) is 6.43. The highest BCUT2D eigenvalue weighted by molar-refractivity contribution is 5.94. The van der Waals surface area contributed by atoms with Gasteiger partial charge in [0.2, 0.25) is 0 Å². The Bertz CT molecular complexity index is 681. The van der Waals surface area contributed by atoms with Gasteiger partial charge in [0.05, 0.1) is 0 Å². The van der Waals surface area contributed by atoms with Gasteiger partial charge in [0, 0.05) is 5.56 Å². The van der Waals surface area contributed by atoms with E-state index in [1.54, 1.807) is 19.1 Å². The molecule has 20 heavy (non-hydrogen) atoms. The first-order valence-electron chi connectivity index (χ1n) is 6.43. The Morgan fingerprint density at radius 1 is 1.15 bits per heavy atom. The first-order chi connectivity index (χ1) is 9.66. The largest absolute Gasteiger partial charge is 0.507 e. The molecule has 1 atom stereocenters. The zero-order valence-electron chi connectivity index (χ0n) is 11.0. The number of phenols is 1. The number of rotatable bonds is 2. The third-order valence-corrected chi connectivity index (χ3v) is 3.44. The lowest BCUT2D eigenvalue weighted by Crippen LogP contribution is -2.10. The summed E-state index contributed by atoms with van der Waals surface area (Å²) < 4.78 is 5.50. The fourth-order valence-electron chi connectivity index (χ4n) is 2.41. The lowest BCUT2D eigenvalue weighted by molar-refractivity contribution is 0.0393. The van der Waals surface area contributed by atoms with Gasteiger partial charge >= 0.3 is 5.97 Å². The van der Waals surface area contributed by atoms with Gasteiger partial charge in [0.25, 0.3) is 0 Å². The summed E-state index contributed by atoms with van der Waals surface area (Å²) in [5.74, 6) is -0.558. The van der Waals surface area contributed by atoms with Crippen LogP contribution in [0.3, 0.4) is 0 Å². The molecule has 1 N–H and O–H groups in total. The van der Waals surface area contributed by atoms with Crippen molar-refractivity contribution in [3.63, 3.8) is 0 Å². The van der Waals surface area contributed by atoms with E-state index in [2.05, 4.69) is 0 Å². The highest BCUT2D eigenvalue weighted by Crippen LogP contribution is 2.32. The van der Waals surface area contributed by atoms with Crippen molar-refractivity contribution >= 4 is 12.0 Å². The van der Waals surface area contributed by atoms with E-state index >= 15 is 0 Å². The fraction of sp³-hybridized carbons (Fsp3) is 0.118. The summed E-state index contributed by atoms with van der Waals surface area (Å²) in [4.78, 5) is 12.2. The van der Waals surface area contributed by atoms with Crippen LogP contribution >= 0.6 is 0 Å². The van der Waals surface area contributed by atoms with E-state index in [4.69, 9.17) is 4.74 Å². The maximum absolute atomic E-state index is 12.2. The fourth-order valence-corrected chi connectivity index (χ4v) is 2.41. The lowest BCUT2D eigenvalue weighted by atomic mass is 10.1. The van der Waals surface area contributed by atoms with E-state index in [-0.39, 0.29) is 11.3 Å². The zero-order chi connectivity index (χ0) is 14.1. The van der Waals surface area contributed by atoms with Crippen molar-refractivity contribution in [2.45, 2.75) is 13.0 Å². The Labute approximate surface area is 117 Å². The molecule has 3 rings (SSSR count). The predicted octanol–water partition coefficient (Wildman–Crippen LogP) is 3.63. The number of benzene rings is 2. The number of aromatic hydroxyl groups is 1. The molecule has 0 saturated carbocycles. The van der Waals surface area contributed by atoms with Crippen LogP contribution in [-0.4, -0.2) is 11.1 Å². The summed E-state index contributed by atoms with van der Waals surface area (Å²) in [7, 11) is 0. The van der Waals surface area contributed by atoms with Gasteiger partial charge in [0.1, 0.15) is 17.4 Å². The average Bonchev–Trinajstić information content (AvgIpc) is 2.82. The summed E-state index contributed by atoms with van der Waals surface area (Å²) in [6.45, 7) is 1.77.